The summed E-state index contributed by atoms with van der Waals surface area (Å²) in [4.78, 5) is 29.3. The van der Waals surface area contributed by atoms with E-state index >= 15 is 0 Å². The van der Waals surface area contributed by atoms with Gasteiger partial charge in [-0.1, -0.05) is 12.1 Å². The summed E-state index contributed by atoms with van der Waals surface area (Å²) in [6.45, 7) is 3.93. The Hall–Kier alpha value is -1.99. The maximum atomic E-state index is 13.1. The van der Waals surface area contributed by atoms with Crippen molar-refractivity contribution < 1.29 is 19.1 Å². The highest BCUT2D eigenvalue weighted by molar-refractivity contribution is 5.78. The molecule has 2 rings (SSSR count). The Morgan fingerprint density at radius 3 is 2.52 bits per heavy atom. The molecular formula is C20H30FN3O3. The molecule has 6 nitrogen and oxygen atoms in total. The van der Waals surface area contributed by atoms with E-state index in [1.54, 1.807) is 24.1 Å². The molecule has 0 saturated carbocycles. The third-order valence-electron chi connectivity index (χ3n) is 5.48. The SMILES string of the molecule is CC(c1ccc(F)cc1)N(C)C(=O)CN1CCCC(N(C)CC(=O)O)CC1. The zero-order chi connectivity index (χ0) is 20.0. The molecule has 1 saturated heterocycles. The molecule has 1 aliphatic heterocycles. The molecule has 1 fully saturated rings. The molecule has 1 aromatic rings. The molecule has 2 unspecified atom stereocenters. The molecule has 1 aliphatic rings. The number of benzene rings is 1. The zero-order valence-corrected chi connectivity index (χ0v) is 16.4. The molecule has 0 bridgehead atoms. The summed E-state index contributed by atoms with van der Waals surface area (Å²) in [7, 11) is 3.62. The number of rotatable bonds is 7. The van der Waals surface area contributed by atoms with Gasteiger partial charge in [-0.3, -0.25) is 19.4 Å². The van der Waals surface area contributed by atoms with Crippen LogP contribution in [0.2, 0.25) is 0 Å². The molecule has 0 spiro atoms. The lowest BCUT2D eigenvalue weighted by molar-refractivity contribution is -0.138. The quantitative estimate of drug-likeness (QED) is 0.787. The van der Waals surface area contributed by atoms with Crippen LogP contribution in [-0.2, 0) is 9.59 Å². The molecule has 27 heavy (non-hydrogen) atoms. The van der Waals surface area contributed by atoms with E-state index in [-0.39, 0.29) is 30.4 Å². The summed E-state index contributed by atoms with van der Waals surface area (Å²) in [5, 5.41) is 8.95. The summed E-state index contributed by atoms with van der Waals surface area (Å²) < 4.78 is 13.1. The third kappa shape index (κ3) is 6.29. The number of amides is 1. The molecule has 1 heterocycles. The Morgan fingerprint density at radius 2 is 1.89 bits per heavy atom. The second-order valence-corrected chi connectivity index (χ2v) is 7.40. The van der Waals surface area contributed by atoms with Crippen molar-refractivity contribution in [1.29, 1.82) is 0 Å². The van der Waals surface area contributed by atoms with Gasteiger partial charge in [0.1, 0.15) is 5.82 Å². The lowest BCUT2D eigenvalue weighted by Gasteiger charge is -2.29. The molecule has 0 aromatic heterocycles. The second kappa shape index (κ2) is 9.80. The van der Waals surface area contributed by atoms with Crippen molar-refractivity contribution in [1.82, 2.24) is 14.7 Å². The van der Waals surface area contributed by atoms with Crippen LogP contribution in [0.5, 0.6) is 0 Å². The number of carboxylic acid groups (broad SMARTS) is 1. The molecule has 0 aliphatic carbocycles. The van der Waals surface area contributed by atoms with Crippen molar-refractivity contribution in [2.24, 2.45) is 0 Å². The number of carbonyl (C=O) groups is 2. The van der Waals surface area contributed by atoms with Gasteiger partial charge in [-0.15, -0.1) is 0 Å². The molecule has 2 atom stereocenters. The Kier molecular flexibility index (Phi) is 7.74. The van der Waals surface area contributed by atoms with E-state index in [4.69, 9.17) is 5.11 Å². The summed E-state index contributed by atoms with van der Waals surface area (Å²) in [6, 6.07) is 6.34. The van der Waals surface area contributed by atoms with Crippen LogP contribution in [-0.4, -0.2) is 78.0 Å². The molecule has 1 aromatic carbocycles. The molecule has 1 N–H and O–H groups in total. The average molecular weight is 379 g/mol. The van der Waals surface area contributed by atoms with Crippen LogP contribution in [0, 0.1) is 5.82 Å². The lowest BCUT2D eigenvalue weighted by atomic mass is 10.1. The summed E-state index contributed by atoms with van der Waals surface area (Å²) >= 11 is 0. The average Bonchev–Trinajstić information content (AvgIpc) is 2.86. The monoisotopic (exact) mass is 379 g/mol. The number of aliphatic carboxylic acids is 1. The maximum absolute atomic E-state index is 13.1. The standard InChI is InChI=1S/C20H30FN3O3/c1-15(16-6-8-17(21)9-7-16)23(3)19(25)13-24-11-4-5-18(10-12-24)22(2)14-20(26)27/h6-9,15,18H,4-5,10-14H2,1-3H3,(H,26,27). The fourth-order valence-corrected chi connectivity index (χ4v) is 3.56. The van der Waals surface area contributed by atoms with Crippen LogP contribution in [0.15, 0.2) is 24.3 Å². The Balaban J connectivity index is 1.87. The van der Waals surface area contributed by atoms with E-state index < -0.39 is 5.97 Å². The van der Waals surface area contributed by atoms with Crippen LogP contribution in [0.1, 0.15) is 37.8 Å². The van der Waals surface area contributed by atoms with Crippen LogP contribution in [0.25, 0.3) is 0 Å². The third-order valence-corrected chi connectivity index (χ3v) is 5.48. The normalized spacial score (nSPS) is 19.5. The lowest BCUT2D eigenvalue weighted by Crippen LogP contribution is -2.40. The smallest absolute Gasteiger partial charge is 0.317 e. The number of nitrogens with zero attached hydrogens (tertiary/aromatic N) is 3. The van der Waals surface area contributed by atoms with Gasteiger partial charge < -0.3 is 10.0 Å². The topological polar surface area (TPSA) is 64.1 Å². The maximum Gasteiger partial charge on any atom is 0.317 e. The molecule has 0 radical (unpaired) electrons. The second-order valence-electron chi connectivity index (χ2n) is 7.40. The Labute approximate surface area is 160 Å². The first-order chi connectivity index (χ1) is 12.8. The van der Waals surface area contributed by atoms with Gasteiger partial charge in [-0.25, -0.2) is 4.39 Å². The minimum absolute atomic E-state index is 0.0316. The van der Waals surface area contributed by atoms with Gasteiger partial charge in [0.15, 0.2) is 0 Å². The molecule has 150 valence electrons. The van der Waals surface area contributed by atoms with Crippen LogP contribution < -0.4 is 0 Å². The molecule has 7 heteroatoms. The number of hydrogen-bond donors (Lipinski definition) is 1. The fourth-order valence-electron chi connectivity index (χ4n) is 3.56. The highest BCUT2D eigenvalue weighted by atomic mass is 19.1. The van der Waals surface area contributed by atoms with Gasteiger partial charge in [-0.05, 0) is 57.5 Å². The number of likely N-dealkylation sites (tertiary alicyclic amines) is 1. The van der Waals surface area contributed by atoms with Crippen LogP contribution in [0.4, 0.5) is 4.39 Å². The Bertz CT molecular complexity index is 638. The molecule has 1 amide bonds. The van der Waals surface area contributed by atoms with Gasteiger partial charge in [0, 0.05) is 19.6 Å². The van der Waals surface area contributed by atoms with Gasteiger partial charge in [0.2, 0.25) is 5.91 Å². The Morgan fingerprint density at radius 1 is 1.22 bits per heavy atom. The van der Waals surface area contributed by atoms with E-state index in [2.05, 4.69) is 4.90 Å². The van der Waals surface area contributed by atoms with Crippen LogP contribution >= 0.6 is 0 Å². The summed E-state index contributed by atoms with van der Waals surface area (Å²) in [5.41, 5.74) is 0.901. The first kappa shape index (κ1) is 21.3. The molecular weight excluding hydrogens is 349 g/mol. The highest BCUT2D eigenvalue weighted by Crippen LogP contribution is 2.20. The largest absolute Gasteiger partial charge is 0.480 e. The number of carbonyl (C=O) groups excluding carboxylic acids is 1. The number of hydrogen-bond acceptors (Lipinski definition) is 4. The predicted octanol–water partition coefficient (Wildman–Crippen LogP) is 2.22. The number of likely N-dealkylation sites (N-methyl/N-ethyl adjacent to an activating group) is 2. The van der Waals surface area contributed by atoms with E-state index in [0.717, 1.165) is 37.9 Å². The first-order valence-electron chi connectivity index (χ1n) is 9.43. The van der Waals surface area contributed by atoms with Gasteiger partial charge in [0.05, 0.1) is 19.1 Å². The van der Waals surface area contributed by atoms with E-state index in [1.807, 2.05) is 18.9 Å². The fraction of sp³-hybridized carbons (Fsp3) is 0.600. The summed E-state index contributed by atoms with van der Waals surface area (Å²) in [5.74, 6) is -1.07. The van der Waals surface area contributed by atoms with Crippen molar-refractivity contribution in [3.05, 3.63) is 35.6 Å². The van der Waals surface area contributed by atoms with Gasteiger partial charge in [-0.2, -0.15) is 0 Å². The number of carboxylic acids is 1. The summed E-state index contributed by atoms with van der Waals surface area (Å²) in [6.07, 6.45) is 2.74. The van der Waals surface area contributed by atoms with E-state index in [0.29, 0.717) is 6.54 Å². The van der Waals surface area contributed by atoms with Crippen molar-refractivity contribution in [2.45, 2.75) is 38.3 Å². The minimum atomic E-state index is -0.815. The van der Waals surface area contributed by atoms with Gasteiger partial charge in [0.25, 0.3) is 0 Å². The first-order valence-corrected chi connectivity index (χ1v) is 9.43. The van der Waals surface area contributed by atoms with Crippen molar-refractivity contribution in [3.63, 3.8) is 0 Å². The predicted molar refractivity (Wildman–Crippen MR) is 102 cm³/mol. The highest BCUT2D eigenvalue weighted by Gasteiger charge is 2.24. The van der Waals surface area contributed by atoms with Crippen molar-refractivity contribution in [2.75, 3.05) is 40.3 Å². The number of halogens is 1. The van der Waals surface area contributed by atoms with E-state index in [1.165, 1.54) is 12.1 Å². The van der Waals surface area contributed by atoms with Crippen molar-refractivity contribution in [3.8, 4) is 0 Å². The minimum Gasteiger partial charge on any atom is -0.480 e. The van der Waals surface area contributed by atoms with Crippen LogP contribution in [0.3, 0.4) is 0 Å². The van der Waals surface area contributed by atoms with Crippen molar-refractivity contribution >= 4 is 11.9 Å². The van der Waals surface area contributed by atoms with E-state index in [9.17, 15) is 14.0 Å². The van der Waals surface area contributed by atoms with Gasteiger partial charge >= 0.3 is 5.97 Å². The zero-order valence-electron chi connectivity index (χ0n) is 16.4.